The van der Waals surface area contributed by atoms with Crippen molar-refractivity contribution in [1.82, 2.24) is 0 Å². The molecular weight excluding hydrogens is 205 g/mol. The molecule has 0 amide bonds. The molecule has 0 heterocycles. The largest absolute Gasteiger partial charge is 0.418 e. The first kappa shape index (κ1) is 11.5. The minimum Gasteiger partial charge on any atom is -0.324 e. The van der Waals surface area contributed by atoms with Gasteiger partial charge in [0.25, 0.3) is 0 Å². The molecule has 1 rings (SSSR count). The number of hydrogen-bond acceptors (Lipinski definition) is 2. The predicted octanol–water partition coefficient (Wildman–Crippen LogP) is 2.60. The smallest absolute Gasteiger partial charge is 0.324 e. The first-order valence-electron chi connectivity index (χ1n) is 4.23. The van der Waals surface area contributed by atoms with Crippen LogP contribution in [0.2, 0.25) is 0 Å². The van der Waals surface area contributed by atoms with Crippen LogP contribution in [0.25, 0.3) is 0 Å². The molecule has 15 heavy (non-hydrogen) atoms. The van der Waals surface area contributed by atoms with Gasteiger partial charge in [0.2, 0.25) is 0 Å². The molecule has 2 nitrogen and oxygen atoms in total. The molecule has 2 N–H and O–H groups in total. The van der Waals surface area contributed by atoms with Crippen molar-refractivity contribution < 1.29 is 13.2 Å². The summed E-state index contributed by atoms with van der Waals surface area (Å²) in [7, 11) is 0. The van der Waals surface area contributed by atoms with Crippen molar-refractivity contribution in [2.24, 2.45) is 5.73 Å². The van der Waals surface area contributed by atoms with Crippen molar-refractivity contribution in [2.45, 2.75) is 19.1 Å². The van der Waals surface area contributed by atoms with E-state index in [9.17, 15) is 13.2 Å². The summed E-state index contributed by atoms with van der Waals surface area (Å²) in [6.07, 6.45) is -4.55. The van der Waals surface area contributed by atoms with Crippen LogP contribution in [0.4, 0.5) is 13.2 Å². The lowest BCUT2D eigenvalue weighted by Gasteiger charge is -2.16. The summed E-state index contributed by atoms with van der Waals surface area (Å²) >= 11 is 0. The lowest BCUT2D eigenvalue weighted by molar-refractivity contribution is -0.138. The molecule has 0 saturated carbocycles. The first-order chi connectivity index (χ1) is 6.88. The zero-order valence-corrected chi connectivity index (χ0v) is 7.97. The van der Waals surface area contributed by atoms with Gasteiger partial charge in [-0.25, -0.2) is 0 Å². The van der Waals surface area contributed by atoms with Gasteiger partial charge in [-0.05, 0) is 18.6 Å². The lowest BCUT2D eigenvalue weighted by Crippen LogP contribution is -2.16. The van der Waals surface area contributed by atoms with Crippen LogP contribution in [0.5, 0.6) is 0 Å². The van der Waals surface area contributed by atoms with Crippen LogP contribution in [-0.2, 0) is 6.18 Å². The highest BCUT2D eigenvalue weighted by Gasteiger charge is 2.36. The Hall–Kier alpha value is -1.54. The Kier molecular flexibility index (Phi) is 3.01. The quantitative estimate of drug-likeness (QED) is 0.781. The molecule has 1 aromatic carbocycles. The number of benzene rings is 1. The zero-order valence-electron chi connectivity index (χ0n) is 7.97. The van der Waals surface area contributed by atoms with Gasteiger partial charge in [0, 0.05) is 6.04 Å². The molecule has 0 radical (unpaired) electrons. The van der Waals surface area contributed by atoms with Crippen LogP contribution in [-0.4, -0.2) is 0 Å². The molecule has 0 aliphatic rings. The van der Waals surface area contributed by atoms with Gasteiger partial charge in [-0.3, -0.25) is 0 Å². The van der Waals surface area contributed by atoms with Crippen molar-refractivity contribution in [1.29, 1.82) is 5.26 Å². The van der Waals surface area contributed by atoms with E-state index in [0.717, 1.165) is 6.07 Å². The zero-order chi connectivity index (χ0) is 11.6. The van der Waals surface area contributed by atoms with Crippen LogP contribution in [0.1, 0.15) is 29.7 Å². The second-order valence-corrected chi connectivity index (χ2v) is 3.17. The topological polar surface area (TPSA) is 49.8 Å². The number of alkyl halides is 3. The molecule has 0 bridgehead atoms. The average Bonchev–Trinajstić information content (AvgIpc) is 2.15. The minimum absolute atomic E-state index is 0.0541. The molecule has 1 atom stereocenters. The van der Waals surface area contributed by atoms with Crippen LogP contribution >= 0.6 is 0 Å². The number of rotatable bonds is 1. The molecular formula is C10H9F3N2. The van der Waals surface area contributed by atoms with E-state index in [4.69, 9.17) is 11.0 Å². The molecule has 80 valence electrons. The van der Waals surface area contributed by atoms with E-state index in [1.54, 1.807) is 0 Å². The maximum Gasteiger partial charge on any atom is 0.418 e. The Morgan fingerprint density at radius 3 is 2.40 bits per heavy atom. The molecule has 0 unspecified atom stereocenters. The molecule has 0 saturated heterocycles. The standard InChI is InChI=1S/C10H9F3N2/c1-6(15)8-4-2-3-7(5-14)9(8)10(11,12)13/h2-4,6H,15H2,1H3/t6-/m1/s1. The van der Waals surface area contributed by atoms with E-state index >= 15 is 0 Å². The second-order valence-electron chi connectivity index (χ2n) is 3.17. The summed E-state index contributed by atoms with van der Waals surface area (Å²) in [5, 5.41) is 8.60. The van der Waals surface area contributed by atoms with Gasteiger partial charge in [-0.15, -0.1) is 0 Å². The SMILES string of the molecule is C[C@@H](N)c1cccc(C#N)c1C(F)(F)F. The molecule has 1 aromatic rings. The first-order valence-corrected chi connectivity index (χ1v) is 4.23. The van der Waals surface area contributed by atoms with Crippen LogP contribution in [0.15, 0.2) is 18.2 Å². The average molecular weight is 214 g/mol. The van der Waals surface area contributed by atoms with Gasteiger partial charge < -0.3 is 5.73 Å². The van der Waals surface area contributed by atoms with Crippen LogP contribution in [0, 0.1) is 11.3 Å². The van der Waals surface area contributed by atoms with Crippen molar-refractivity contribution in [3.05, 3.63) is 34.9 Å². The van der Waals surface area contributed by atoms with Crippen molar-refractivity contribution >= 4 is 0 Å². The van der Waals surface area contributed by atoms with E-state index in [2.05, 4.69) is 0 Å². The van der Waals surface area contributed by atoms with E-state index < -0.39 is 23.3 Å². The van der Waals surface area contributed by atoms with E-state index in [1.165, 1.54) is 25.1 Å². The summed E-state index contributed by atoms with van der Waals surface area (Å²) in [6, 6.07) is 4.58. The Labute approximate surface area is 85.1 Å². The van der Waals surface area contributed by atoms with Gasteiger partial charge in [0.1, 0.15) is 0 Å². The Morgan fingerprint density at radius 1 is 1.40 bits per heavy atom. The van der Waals surface area contributed by atoms with Gasteiger partial charge in [-0.1, -0.05) is 12.1 Å². The maximum absolute atomic E-state index is 12.6. The fourth-order valence-corrected chi connectivity index (χ4v) is 1.36. The summed E-state index contributed by atoms with van der Waals surface area (Å²) < 4.78 is 37.9. The van der Waals surface area contributed by atoms with Gasteiger partial charge >= 0.3 is 6.18 Å². The monoisotopic (exact) mass is 214 g/mol. The fourth-order valence-electron chi connectivity index (χ4n) is 1.36. The summed E-state index contributed by atoms with van der Waals surface area (Å²) in [5.74, 6) is 0. The summed E-state index contributed by atoms with van der Waals surface area (Å²) in [6.45, 7) is 1.45. The number of halogens is 3. The third-order valence-electron chi connectivity index (χ3n) is 1.99. The molecule has 0 aromatic heterocycles. The Bertz CT molecular complexity index is 402. The minimum atomic E-state index is -4.55. The molecule has 0 fully saturated rings. The van der Waals surface area contributed by atoms with Crippen molar-refractivity contribution in [2.75, 3.05) is 0 Å². The lowest BCUT2D eigenvalue weighted by atomic mass is 9.97. The van der Waals surface area contributed by atoms with E-state index in [0.29, 0.717) is 0 Å². The number of nitriles is 1. The Morgan fingerprint density at radius 2 is 2.00 bits per heavy atom. The van der Waals surface area contributed by atoms with Crippen molar-refractivity contribution in [3.8, 4) is 6.07 Å². The molecule has 0 aliphatic carbocycles. The van der Waals surface area contributed by atoms with Crippen molar-refractivity contribution in [3.63, 3.8) is 0 Å². The van der Waals surface area contributed by atoms with E-state index in [1.807, 2.05) is 0 Å². The normalized spacial score (nSPS) is 13.3. The van der Waals surface area contributed by atoms with Crippen LogP contribution in [0.3, 0.4) is 0 Å². The third-order valence-corrected chi connectivity index (χ3v) is 1.99. The van der Waals surface area contributed by atoms with E-state index in [-0.39, 0.29) is 5.56 Å². The number of nitrogens with two attached hydrogens (primary N) is 1. The highest BCUT2D eigenvalue weighted by atomic mass is 19.4. The third kappa shape index (κ3) is 2.28. The van der Waals surface area contributed by atoms with Crippen LogP contribution < -0.4 is 5.73 Å². The summed E-state index contributed by atoms with van der Waals surface area (Å²) in [5.41, 5.74) is 4.05. The van der Waals surface area contributed by atoms with Gasteiger partial charge in [-0.2, -0.15) is 18.4 Å². The number of hydrogen-bond donors (Lipinski definition) is 1. The number of nitrogens with zero attached hydrogens (tertiary/aromatic N) is 1. The molecule has 0 spiro atoms. The molecule has 5 heteroatoms. The predicted molar refractivity (Wildman–Crippen MR) is 48.8 cm³/mol. The summed E-state index contributed by atoms with van der Waals surface area (Å²) in [4.78, 5) is 0. The molecule has 0 aliphatic heterocycles. The fraction of sp³-hybridized carbons (Fsp3) is 0.300. The van der Waals surface area contributed by atoms with Gasteiger partial charge in [0.15, 0.2) is 0 Å². The Balaban J connectivity index is 3.50. The highest BCUT2D eigenvalue weighted by Crippen LogP contribution is 2.36. The van der Waals surface area contributed by atoms with Gasteiger partial charge in [0.05, 0.1) is 17.2 Å². The maximum atomic E-state index is 12.6. The second kappa shape index (κ2) is 3.91. The highest BCUT2D eigenvalue weighted by molar-refractivity contribution is 5.45.